The number of thioether (sulfide) groups is 1. The van der Waals surface area contributed by atoms with Crippen molar-refractivity contribution in [2.45, 2.75) is 27.7 Å². The standard InChI is InChI=1S/C17H15N3OS3/c1-8-5-12(6-14-15(21)19-17(22)24-14)10(3)20(8)16-13(7-18)9(2)11(4)23-16/h5-6H,1-4H3,(H,19,21,22)/b14-6+. The van der Waals surface area contributed by atoms with E-state index in [1.807, 2.05) is 39.8 Å². The van der Waals surface area contributed by atoms with Crippen LogP contribution in [0.4, 0.5) is 0 Å². The van der Waals surface area contributed by atoms with E-state index in [1.165, 1.54) is 11.8 Å². The van der Waals surface area contributed by atoms with Crippen molar-refractivity contribution in [3.05, 3.63) is 43.9 Å². The number of nitriles is 1. The first kappa shape index (κ1) is 17.0. The molecule has 0 radical (unpaired) electrons. The van der Waals surface area contributed by atoms with Gasteiger partial charge in [0.2, 0.25) is 0 Å². The molecule has 0 bridgehead atoms. The summed E-state index contributed by atoms with van der Waals surface area (Å²) in [4.78, 5) is 13.6. The fourth-order valence-corrected chi connectivity index (χ4v) is 4.96. The van der Waals surface area contributed by atoms with Gasteiger partial charge in [-0.05, 0) is 51.0 Å². The molecule has 3 heterocycles. The summed E-state index contributed by atoms with van der Waals surface area (Å²) in [6.07, 6.45) is 1.86. The molecule has 1 fully saturated rings. The summed E-state index contributed by atoms with van der Waals surface area (Å²) in [5.41, 5.74) is 4.74. The summed E-state index contributed by atoms with van der Waals surface area (Å²) in [5.74, 6) is -0.157. The Labute approximate surface area is 154 Å². The Kier molecular flexibility index (Phi) is 4.38. The van der Waals surface area contributed by atoms with E-state index in [4.69, 9.17) is 12.2 Å². The quantitative estimate of drug-likeness (QED) is 0.635. The summed E-state index contributed by atoms with van der Waals surface area (Å²) < 4.78 is 2.57. The van der Waals surface area contributed by atoms with Gasteiger partial charge < -0.3 is 9.88 Å². The van der Waals surface area contributed by atoms with Crippen LogP contribution in [0.15, 0.2) is 11.0 Å². The highest BCUT2D eigenvalue weighted by Gasteiger charge is 2.24. The van der Waals surface area contributed by atoms with Crippen LogP contribution in [-0.4, -0.2) is 14.8 Å². The first-order valence-corrected chi connectivity index (χ1v) is 9.32. The lowest BCUT2D eigenvalue weighted by Gasteiger charge is -2.07. The predicted octanol–water partition coefficient (Wildman–Crippen LogP) is 4.13. The van der Waals surface area contributed by atoms with E-state index in [0.29, 0.717) is 14.8 Å². The Morgan fingerprint density at radius 1 is 1.33 bits per heavy atom. The maximum atomic E-state index is 11.9. The summed E-state index contributed by atoms with van der Waals surface area (Å²) >= 11 is 7.92. The number of aromatic nitrogens is 1. The summed E-state index contributed by atoms with van der Waals surface area (Å²) in [7, 11) is 0. The van der Waals surface area contributed by atoms with Crippen molar-refractivity contribution in [2.24, 2.45) is 0 Å². The van der Waals surface area contributed by atoms with Crippen molar-refractivity contribution in [3.8, 4) is 11.1 Å². The average Bonchev–Trinajstić information content (AvgIpc) is 3.07. The van der Waals surface area contributed by atoms with Gasteiger partial charge in [-0.15, -0.1) is 11.3 Å². The van der Waals surface area contributed by atoms with Crippen LogP contribution in [-0.2, 0) is 4.79 Å². The third-order valence-corrected chi connectivity index (χ3v) is 6.44. The number of aryl methyl sites for hydroxylation is 2. The second-order valence-electron chi connectivity index (χ2n) is 5.59. The highest BCUT2D eigenvalue weighted by atomic mass is 32.2. The number of rotatable bonds is 2. The van der Waals surface area contributed by atoms with Crippen molar-refractivity contribution >= 4 is 51.6 Å². The zero-order valence-electron chi connectivity index (χ0n) is 13.7. The highest BCUT2D eigenvalue weighted by molar-refractivity contribution is 8.26. The molecule has 1 amide bonds. The number of hydrogen-bond acceptors (Lipinski definition) is 5. The molecule has 2 aromatic heterocycles. The summed E-state index contributed by atoms with van der Waals surface area (Å²) in [6.45, 7) is 8.01. The molecule has 1 N–H and O–H groups in total. The lowest BCUT2D eigenvalue weighted by Crippen LogP contribution is -2.17. The van der Waals surface area contributed by atoms with Crippen LogP contribution >= 0.6 is 35.3 Å². The molecule has 7 heteroatoms. The summed E-state index contributed by atoms with van der Waals surface area (Å²) in [5, 5.41) is 13.1. The first-order chi connectivity index (χ1) is 11.3. The molecule has 0 spiro atoms. The van der Waals surface area contributed by atoms with Gasteiger partial charge in [0.05, 0.1) is 10.5 Å². The Bertz CT molecular complexity index is 957. The molecule has 122 valence electrons. The van der Waals surface area contributed by atoms with Gasteiger partial charge in [0.25, 0.3) is 5.91 Å². The van der Waals surface area contributed by atoms with E-state index in [9.17, 15) is 10.1 Å². The lowest BCUT2D eigenvalue weighted by atomic mass is 10.2. The second-order valence-corrected chi connectivity index (χ2v) is 8.51. The van der Waals surface area contributed by atoms with Gasteiger partial charge in [-0.2, -0.15) is 5.26 Å². The third-order valence-electron chi connectivity index (χ3n) is 4.08. The maximum Gasteiger partial charge on any atom is 0.263 e. The molecule has 1 aliphatic heterocycles. The molecule has 4 nitrogen and oxygen atoms in total. The minimum absolute atomic E-state index is 0.157. The van der Waals surface area contributed by atoms with Crippen molar-refractivity contribution in [1.29, 1.82) is 5.26 Å². The number of thiophene rings is 1. The monoisotopic (exact) mass is 373 g/mol. The normalized spacial score (nSPS) is 15.9. The molecule has 0 aliphatic carbocycles. The van der Waals surface area contributed by atoms with Crippen molar-refractivity contribution in [2.75, 3.05) is 0 Å². The topological polar surface area (TPSA) is 57.8 Å². The van der Waals surface area contributed by atoms with Crippen LogP contribution in [0, 0.1) is 39.0 Å². The molecular formula is C17H15N3OS3. The van der Waals surface area contributed by atoms with E-state index in [-0.39, 0.29) is 5.91 Å². The third kappa shape index (κ3) is 2.71. The Morgan fingerprint density at radius 3 is 2.62 bits per heavy atom. The largest absolute Gasteiger partial charge is 0.308 e. The van der Waals surface area contributed by atoms with E-state index in [2.05, 4.69) is 16.0 Å². The summed E-state index contributed by atoms with van der Waals surface area (Å²) in [6, 6.07) is 4.35. The fourth-order valence-electron chi connectivity index (χ4n) is 2.71. The molecule has 0 saturated carbocycles. The van der Waals surface area contributed by atoms with E-state index < -0.39 is 0 Å². The second kappa shape index (κ2) is 6.20. The SMILES string of the molecule is Cc1sc(-n2c(C)cc(/C=C3/SC(=S)NC3=O)c2C)c(C#N)c1C. The van der Waals surface area contributed by atoms with Crippen molar-refractivity contribution in [1.82, 2.24) is 9.88 Å². The number of hydrogen-bond donors (Lipinski definition) is 1. The van der Waals surface area contributed by atoms with Crippen LogP contribution in [0.1, 0.15) is 33.0 Å². The van der Waals surface area contributed by atoms with Crippen molar-refractivity contribution < 1.29 is 4.79 Å². The van der Waals surface area contributed by atoms with E-state index >= 15 is 0 Å². The molecule has 1 aliphatic rings. The predicted molar refractivity (Wildman–Crippen MR) is 104 cm³/mol. The van der Waals surface area contributed by atoms with Crippen LogP contribution in [0.5, 0.6) is 0 Å². The van der Waals surface area contributed by atoms with Gasteiger partial charge in [-0.25, -0.2) is 0 Å². The minimum Gasteiger partial charge on any atom is -0.308 e. The Hall–Kier alpha value is -1.88. The van der Waals surface area contributed by atoms with Crippen LogP contribution in [0.3, 0.4) is 0 Å². The van der Waals surface area contributed by atoms with Gasteiger partial charge in [-0.1, -0.05) is 24.0 Å². The number of nitrogens with zero attached hydrogens (tertiary/aromatic N) is 2. The first-order valence-electron chi connectivity index (χ1n) is 7.27. The van der Waals surface area contributed by atoms with Crippen molar-refractivity contribution in [3.63, 3.8) is 0 Å². The molecule has 24 heavy (non-hydrogen) atoms. The highest BCUT2D eigenvalue weighted by Crippen LogP contribution is 2.35. The van der Waals surface area contributed by atoms with Crippen LogP contribution < -0.4 is 5.32 Å². The number of nitrogens with one attached hydrogen (secondary N) is 1. The fraction of sp³-hybridized carbons (Fsp3) is 0.235. The molecule has 3 rings (SSSR count). The molecule has 0 atom stereocenters. The smallest absolute Gasteiger partial charge is 0.263 e. The van der Waals surface area contributed by atoms with Gasteiger partial charge in [0.1, 0.15) is 15.4 Å². The van der Waals surface area contributed by atoms with Gasteiger partial charge >= 0.3 is 0 Å². The molecular weight excluding hydrogens is 358 g/mol. The molecule has 2 aromatic rings. The van der Waals surface area contributed by atoms with E-state index in [1.54, 1.807) is 11.3 Å². The zero-order valence-corrected chi connectivity index (χ0v) is 16.1. The molecule has 0 aromatic carbocycles. The zero-order chi connectivity index (χ0) is 17.6. The van der Waals surface area contributed by atoms with E-state index in [0.717, 1.165) is 32.4 Å². The lowest BCUT2D eigenvalue weighted by molar-refractivity contribution is -0.115. The average molecular weight is 374 g/mol. The van der Waals surface area contributed by atoms with Crippen LogP contribution in [0.25, 0.3) is 11.1 Å². The number of thiocarbonyl (C=S) groups is 1. The van der Waals surface area contributed by atoms with Gasteiger partial charge in [0.15, 0.2) is 0 Å². The maximum absolute atomic E-state index is 11.9. The Balaban J connectivity index is 2.14. The number of amides is 1. The Morgan fingerprint density at radius 2 is 2.04 bits per heavy atom. The van der Waals surface area contributed by atoms with Crippen LogP contribution in [0.2, 0.25) is 0 Å². The number of carbonyl (C=O) groups excluding carboxylic acids is 1. The molecule has 0 unspecified atom stereocenters. The van der Waals surface area contributed by atoms with Gasteiger partial charge in [-0.3, -0.25) is 4.79 Å². The number of carbonyl (C=O) groups is 1. The minimum atomic E-state index is -0.157. The molecule has 1 saturated heterocycles. The van der Waals surface area contributed by atoms with Gasteiger partial charge in [0, 0.05) is 16.3 Å².